The zero-order chi connectivity index (χ0) is 19.6. The van der Waals surface area contributed by atoms with Gasteiger partial charge in [-0.1, -0.05) is 60.7 Å². The Balaban J connectivity index is 1.90. The summed E-state index contributed by atoms with van der Waals surface area (Å²) in [5.74, 6) is -0.309. The van der Waals surface area contributed by atoms with E-state index in [4.69, 9.17) is 0 Å². The maximum atomic E-state index is 12.7. The zero-order valence-corrected chi connectivity index (χ0v) is 15.7. The van der Waals surface area contributed by atoms with Gasteiger partial charge in [0, 0.05) is 16.7 Å². The van der Waals surface area contributed by atoms with E-state index < -0.39 is 17.7 Å². The monoisotopic (exact) mass is 365 g/mol. The van der Waals surface area contributed by atoms with Crippen molar-refractivity contribution in [3.8, 4) is 0 Å². The number of hydrazone groups is 1. The van der Waals surface area contributed by atoms with Crippen LogP contribution < -0.4 is 0 Å². The summed E-state index contributed by atoms with van der Waals surface area (Å²) in [6, 6.07) is 18.5. The molecule has 2 amide bonds. The van der Waals surface area contributed by atoms with E-state index in [1.54, 1.807) is 20.8 Å². The summed E-state index contributed by atoms with van der Waals surface area (Å²) in [6.07, 6.45) is -1.10. The Kier molecular flexibility index (Phi) is 4.99. The molecule has 0 aliphatic carbocycles. The van der Waals surface area contributed by atoms with Gasteiger partial charge >= 0.3 is 6.09 Å². The molecular weight excluding hydrogens is 342 g/mol. The molecule has 0 aromatic heterocycles. The van der Waals surface area contributed by atoms with Crippen LogP contribution in [0.4, 0.5) is 4.79 Å². The van der Waals surface area contributed by atoms with Gasteiger partial charge in [0.15, 0.2) is 0 Å². The molecule has 140 valence electrons. The van der Waals surface area contributed by atoms with Crippen LogP contribution in [-0.2, 0) is 4.79 Å². The molecule has 1 saturated heterocycles. The van der Waals surface area contributed by atoms with Crippen molar-refractivity contribution in [1.29, 1.82) is 0 Å². The van der Waals surface area contributed by atoms with Crippen LogP contribution in [0.15, 0.2) is 65.8 Å². The van der Waals surface area contributed by atoms with Crippen molar-refractivity contribution in [2.75, 3.05) is 6.54 Å². The van der Waals surface area contributed by atoms with Crippen LogP contribution in [0.2, 0.25) is 0 Å². The Bertz CT molecular complexity index is 816. The summed E-state index contributed by atoms with van der Waals surface area (Å²) in [4.78, 5) is 25.5. The molecule has 0 saturated carbocycles. The molecule has 27 heavy (non-hydrogen) atoms. The van der Waals surface area contributed by atoms with E-state index in [1.165, 1.54) is 9.91 Å². The quantitative estimate of drug-likeness (QED) is 0.666. The van der Waals surface area contributed by atoms with Gasteiger partial charge in [0.1, 0.15) is 6.04 Å². The second-order valence-corrected chi connectivity index (χ2v) is 7.44. The van der Waals surface area contributed by atoms with Gasteiger partial charge in [-0.15, -0.1) is 0 Å². The first-order valence-corrected chi connectivity index (χ1v) is 8.82. The Morgan fingerprint density at radius 1 is 1.04 bits per heavy atom. The molecule has 2 aromatic rings. The van der Waals surface area contributed by atoms with E-state index in [1.807, 2.05) is 60.7 Å². The van der Waals surface area contributed by atoms with Crippen molar-refractivity contribution in [3.05, 3.63) is 71.8 Å². The lowest BCUT2D eigenvalue weighted by Crippen LogP contribution is -2.67. The number of amides is 2. The predicted molar refractivity (Wildman–Crippen MR) is 104 cm³/mol. The summed E-state index contributed by atoms with van der Waals surface area (Å²) in [5, 5.41) is 15.4. The van der Waals surface area contributed by atoms with Crippen molar-refractivity contribution >= 4 is 17.7 Å². The maximum Gasteiger partial charge on any atom is 0.408 e. The van der Waals surface area contributed by atoms with E-state index in [2.05, 4.69) is 5.10 Å². The van der Waals surface area contributed by atoms with E-state index in [0.717, 1.165) is 11.1 Å². The molecule has 1 aliphatic heterocycles. The number of carbonyl (C=O) groups is 2. The highest BCUT2D eigenvalue weighted by Crippen LogP contribution is 2.26. The first-order valence-electron chi connectivity index (χ1n) is 8.82. The number of carbonyl (C=O) groups excluding carboxylic acids is 1. The number of hydrogen-bond donors (Lipinski definition) is 1. The van der Waals surface area contributed by atoms with Gasteiger partial charge in [-0.3, -0.25) is 9.69 Å². The third-order valence-corrected chi connectivity index (χ3v) is 4.44. The van der Waals surface area contributed by atoms with E-state index in [-0.39, 0.29) is 12.5 Å². The normalized spacial score (nSPS) is 16.5. The lowest BCUT2D eigenvalue weighted by Gasteiger charge is -2.46. The average Bonchev–Trinajstić information content (AvgIpc) is 2.63. The molecule has 0 spiro atoms. The zero-order valence-electron chi connectivity index (χ0n) is 15.7. The van der Waals surface area contributed by atoms with Crippen LogP contribution >= 0.6 is 0 Å². The summed E-state index contributed by atoms with van der Waals surface area (Å²) in [7, 11) is 0. The van der Waals surface area contributed by atoms with Gasteiger partial charge in [0.25, 0.3) is 5.91 Å². The molecule has 1 heterocycles. The minimum atomic E-state index is -1.10. The standard InChI is InChI=1S/C21H23N3O3/c1-21(2,3)24(20(26)27)17-14-23(19(17)25)22-18(15-10-6-4-7-11-15)16-12-8-5-9-13-16/h4-13,17H,14H2,1-3H3,(H,26,27). The molecule has 0 radical (unpaired) electrons. The van der Waals surface area contributed by atoms with Crippen molar-refractivity contribution in [2.24, 2.45) is 5.10 Å². The average molecular weight is 365 g/mol. The van der Waals surface area contributed by atoms with E-state index in [9.17, 15) is 14.7 Å². The van der Waals surface area contributed by atoms with Crippen molar-refractivity contribution < 1.29 is 14.7 Å². The minimum Gasteiger partial charge on any atom is -0.465 e. The number of β-lactam (4-membered cyclic amide) rings is 1. The maximum absolute atomic E-state index is 12.7. The lowest BCUT2D eigenvalue weighted by atomic mass is 9.99. The Labute approximate surface area is 158 Å². The number of carboxylic acid groups (broad SMARTS) is 1. The smallest absolute Gasteiger partial charge is 0.408 e. The largest absolute Gasteiger partial charge is 0.465 e. The third kappa shape index (κ3) is 3.84. The van der Waals surface area contributed by atoms with Crippen LogP contribution in [0, 0.1) is 0 Å². The first kappa shape index (κ1) is 18.6. The van der Waals surface area contributed by atoms with Crippen LogP contribution in [0.3, 0.4) is 0 Å². The van der Waals surface area contributed by atoms with Gasteiger partial charge in [0.05, 0.1) is 12.3 Å². The highest BCUT2D eigenvalue weighted by atomic mass is 16.4. The Morgan fingerprint density at radius 2 is 1.52 bits per heavy atom. The molecule has 1 N–H and O–H groups in total. The number of hydrogen-bond acceptors (Lipinski definition) is 3. The summed E-state index contributed by atoms with van der Waals surface area (Å²) in [5.41, 5.74) is 1.81. The van der Waals surface area contributed by atoms with E-state index >= 15 is 0 Å². The molecule has 1 aliphatic rings. The molecular formula is C21H23N3O3. The molecule has 1 atom stereocenters. The SMILES string of the molecule is CC(C)(C)N(C(=O)O)C1CN(N=C(c2ccccc2)c2ccccc2)C1=O. The number of benzene rings is 2. The highest BCUT2D eigenvalue weighted by molar-refractivity contribution is 6.13. The minimum absolute atomic E-state index is 0.242. The fourth-order valence-electron chi connectivity index (χ4n) is 3.16. The fraction of sp³-hybridized carbons (Fsp3) is 0.286. The summed E-state index contributed by atoms with van der Waals surface area (Å²) >= 11 is 0. The van der Waals surface area contributed by atoms with Gasteiger partial charge in [-0.05, 0) is 20.8 Å². The van der Waals surface area contributed by atoms with Crippen LogP contribution in [0.5, 0.6) is 0 Å². The molecule has 6 nitrogen and oxygen atoms in total. The van der Waals surface area contributed by atoms with Crippen molar-refractivity contribution in [1.82, 2.24) is 9.91 Å². The van der Waals surface area contributed by atoms with Crippen LogP contribution in [-0.4, -0.2) is 50.9 Å². The second kappa shape index (κ2) is 7.23. The lowest BCUT2D eigenvalue weighted by molar-refractivity contribution is -0.152. The van der Waals surface area contributed by atoms with Crippen molar-refractivity contribution in [3.63, 3.8) is 0 Å². The molecule has 3 rings (SSSR count). The van der Waals surface area contributed by atoms with E-state index in [0.29, 0.717) is 5.71 Å². The van der Waals surface area contributed by atoms with Crippen LogP contribution in [0.1, 0.15) is 31.9 Å². The number of rotatable bonds is 4. The molecule has 1 unspecified atom stereocenters. The second-order valence-electron chi connectivity index (χ2n) is 7.44. The van der Waals surface area contributed by atoms with Crippen molar-refractivity contribution in [2.45, 2.75) is 32.4 Å². The van der Waals surface area contributed by atoms with Crippen LogP contribution in [0.25, 0.3) is 0 Å². The Morgan fingerprint density at radius 3 is 1.89 bits per heavy atom. The van der Waals surface area contributed by atoms with Gasteiger partial charge in [-0.25, -0.2) is 9.80 Å². The predicted octanol–water partition coefficient (Wildman–Crippen LogP) is 3.43. The highest BCUT2D eigenvalue weighted by Gasteiger charge is 2.47. The van der Waals surface area contributed by atoms with Gasteiger partial charge < -0.3 is 5.11 Å². The first-order chi connectivity index (χ1) is 12.8. The van der Waals surface area contributed by atoms with Gasteiger partial charge in [0.2, 0.25) is 0 Å². The number of nitrogens with zero attached hydrogens (tertiary/aromatic N) is 3. The Hall–Kier alpha value is -3.15. The fourth-order valence-corrected chi connectivity index (χ4v) is 3.16. The third-order valence-electron chi connectivity index (χ3n) is 4.44. The molecule has 1 fully saturated rings. The summed E-state index contributed by atoms with van der Waals surface area (Å²) in [6.45, 7) is 5.57. The van der Waals surface area contributed by atoms with Gasteiger partial charge in [-0.2, -0.15) is 5.10 Å². The topological polar surface area (TPSA) is 73.2 Å². The molecule has 2 aromatic carbocycles. The molecule has 0 bridgehead atoms. The summed E-state index contributed by atoms with van der Waals surface area (Å²) < 4.78 is 0. The molecule has 6 heteroatoms.